The number of hydrogen-bond donors (Lipinski definition) is 2. The van der Waals surface area contributed by atoms with Gasteiger partial charge in [0.05, 0.1) is 24.7 Å². The van der Waals surface area contributed by atoms with Crippen molar-refractivity contribution in [3.63, 3.8) is 0 Å². The van der Waals surface area contributed by atoms with Crippen molar-refractivity contribution < 1.29 is 29.3 Å². The first-order valence-corrected chi connectivity index (χ1v) is 8.74. The van der Waals surface area contributed by atoms with Crippen molar-refractivity contribution in [3.8, 4) is 0 Å². The van der Waals surface area contributed by atoms with Crippen LogP contribution < -0.4 is 0 Å². The summed E-state index contributed by atoms with van der Waals surface area (Å²) in [6, 6.07) is 0. The molecule has 1 aliphatic carbocycles. The summed E-state index contributed by atoms with van der Waals surface area (Å²) in [6.07, 6.45) is 5.82. The molecule has 0 bridgehead atoms. The van der Waals surface area contributed by atoms with Gasteiger partial charge in [-0.25, -0.2) is 9.59 Å². The number of ether oxygens (including phenoxy) is 2. The third-order valence-electron chi connectivity index (χ3n) is 4.79. The van der Waals surface area contributed by atoms with E-state index in [1.54, 1.807) is 13.0 Å². The fraction of sp³-hybridized carbons (Fsp3) is 0.500. The van der Waals surface area contributed by atoms with E-state index in [-0.39, 0.29) is 17.8 Å². The van der Waals surface area contributed by atoms with Crippen LogP contribution in [0.25, 0.3) is 0 Å². The summed E-state index contributed by atoms with van der Waals surface area (Å²) in [4.78, 5) is 24.4. The smallest absolute Gasteiger partial charge is 0.336 e. The first kappa shape index (κ1) is 20.1. The molecule has 0 radical (unpaired) electrons. The van der Waals surface area contributed by atoms with Crippen LogP contribution >= 0.6 is 0 Å². The summed E-state index contributed by atoms with van der Waals surface area (Å²) in [5.41, 5.74) is 2.19. The predicted octanol–water partition coefficient (Wildman–Crippen LogP) is 1.98. The van der Waals surface area contributed by atoms with Gasteiger partial charge < -0.3 is 19.7 Å². The Kier molecular flexibility index (Phi) is 6.94. The lowest BCUT2D eigenvalue weighted by Crippen LogP contribution is -2.34. The van der Waals surface area contributed by atoms with Gasteiger partial charge in [0.15, 0.2) is 0 Å². The average Bonchev–Trinajstić information content (AvgIpc) is 2.88. The number of esters is 2. The van der Waals surface area contributed by atoms with Crippen LogP contribution in [-0.2, 0) is 19.1 Å². The molecule has 0 aromatic rings. The monoisotopic (exact) mass is 362 g/mol. The lowest BCUT2D eigenvalue weighted by atomic mass is 9.85. The molecule has 0 spiro atoms. The molecule has 0 saturated carbocycles. The lowest BCUT2D eigenvalue weighted by Gasteiger charge is -2.27. The molecule has 2 aliphatic rings. The second kappa shape index (κ2) is 8.96. The number of carbonyl (C=O) groups excluding carboxylic acids is 2. The standard InChI is InChI=1S/C20H26O6/c1-4-15(11-22)20(24)26-16-8-12(2)6-5-7-14(10-21)9-17-18(16)13(3)19(23)25-17/h4,6,9,16-18,21-22H,3,5,7-8,10-11H2,1-2H3/b12-6+,14-9-,15-4+/t16-,17+,18-/m0/s1. The van der Waals surface area contributed by atoms with Crippen LogP contribution in [0.15, 0.2) is 47.1 Å². The normalized spacial score (nSPS) is 31.2. The SMILES string of the molecule is C=C1C(=O)O[C@@H]2/C=C(\CO)CC/C=C(\C)C[C@H](OC(=O)/C(=C/C)CO)[C@H]12. The highest BCUT2D eigenvalue weighted by Gasteiger charge is 2.44. The number of aliphatic hydroxyl groups is 2. The van der Waals surface area contributed by atoms with Gasteiger partial charge in [-0.05, 0) is 38.3 Å². The Labute approximate surface area is 153 Å². The zero-order chi connectivity index (χ0) is 19.3. The average molecular weight is 362 g/mol. The van der Waals surface area contributed by atoms with Crippen molar-refractivity contribution in [3.05, 3.63) is 47.1 Å². The number of hydrogen-bond acceptors (Lipinski definition) is 6. The Hall–Kier alpha value is -2.18. The van der Waals surface area contributed by atoms with Crippen LogP contribution in [0.3, 0.4) is 0 Å². The largest absolute Gasteiger partial charge is 0.458 e. The van der Waals surface area contributed by atoms with E-state index in [0.717, 1.165) is 17.6 Å². The fourth-order valence-electron chi connectivity index (χ4n) is 3.26. The van der Waals surface area contributed by atoms with Crippen molar-refractivity contribution in [1.82, 2.24) is 0 Å². The van der Waals surface area contributed by atoms with E-state index >= 15 is 0 Å². The molecule has 2 N–H and O–H groups in total. The molecule has 1 saturated heterocycles. The quantitative estimate of drug-likeness (QED) is 0.451. The summed E-state index contributed by atoms with van der Waals surface area (Å²) in [5.74, 6) is -1.68. The van der Waals surface area contributed by atoms with Crippen LogP contribution in [-0.4, -0.2) is 47.6 Å². The molecule has 3 atom stereocenters. The highest BCUT2D eigenvalue weighted by Crippen LogP contribution is 2.36. The molecule has 0 amide bonds. The highest BCUT2D eigenvalue weighted by atomic mass is 16.6. The molecule has 1 fully saturated rings. The van der Waals surface area contributed by atoms with Crippen LogP contribution in [0.1, 0.15) is 33.1 Å². The van der Waals surface area contributed by atoms with Crippen molar-refractivity contribution in [2.24, 2.45) is 5.92 Å². The number of fused-ring (bicyclic) bond motifs is 1. The molecular weight excluding hydrogens is 336 g/mol. The van der Waals surface area contributed by atoms with E-state index < -0.39 is 36.7 Å². The number of rotatable bonds is 4. The van der Waals surface area contributed by atoms with E-state index in [1.165, 1.54) is 6.08 Å². The topological polar surface area (TPSA) is 93.1 Å². The third-order valence-corrected chi connectivity index (χ3v) is 4.79. The second-order valence-electron chi connectivity index (χ2n) is 6.61. The maximum absolute atomic E-state index is 12.3. The zero-order valence-electron chi connectivity index (χ0n) is 15.2. The molecule has 26 heavy (non-hydrogen) atoms. The maximum Gasteiger partial charge on any atom is 0.336 e. The molecule has 0 aromatic heterocycles. The predicted molar refractivity (Wildman–Crippen MR) is 96.0 cm³/mol. The number of aliphatic hydroxyl groups excluding tert-OH is 2. The van der Waals surface area contributed by atoms with E-state index in [2.05, 4.69) is 6.58 Å². The van der Waals surface area contributed by atoms with Gasteiger partial charge in [-0.1, -0.05) is 24.3 Å². The van der Waals surface area contributed by atoms with Crippen molar-refractivity contribution >= 4 is 11.9 Å². The van der Waals surface area contributed by atoms with E-state index in [1.807, 2.05) is 13.0 Å². The van der Waals surface area contributed by atoms with Crippen LogP contribution in [0.5, 0.6) is 0 Å². The molecule has 6 nitrogen and oxygen atoms in total. The molecule has 0 unspecified atom stereocenters. The molecule has 142 valence electrons. The summed E-state index contributed by atoms with van der Waals surface area (Å²) in [6.45, 7) is 6.85. The molecule has 6 heteroatoms. The van der Waals surface area contributed by atoms with Gasteiger partial charge in [-0.3, -0.25) is 0 Å². The van der Waals surface area contributed by atoms with Crippen LogP contribution in [0.2, 0.25) is 0 Å². The summed E-state index contributed by atoms with van der Waals surface area (Å²) < 4.78 is 11.0. The van der Waals surface area contributed by atoms with Crippen molar-refractivity contribution in [1.29, 1.82) is 0 Å². The van der Waals surface area contributed by atoms with Crippen LogP contribution in [0, 0.1) is 5.92 Å². The minimum Gasteiger partial charge on any atom is -0.458 e. The van der Waals surface area contributed by atoms with Crippen molar-refractivity contribution in [2.45, 2.75) is 45.3 Å². The van der Waals surface area contributed by atoms with E-state index in [9.17, 15) is 19.8 Å². The highest BCUT2D eigenvalue weighted by molar-refractivity contribution is 5.92. The van der Waals surface area contributed by atoms with Gasteiger partial charge in [0.1, 0.15) is 12.2 Å². The molecule has 1 heterocycles. The van der Waals surface area contributed by atoms with Gasteiger partial charge in [0.2, 0.25) is 0 Å². The van der Waals surface area contributed by atoms with Gasteiger partial charge in [0, 0.05) is 12.0 Å². The van der Waals surface area contributed by atoms with Crippen LogP contribution in [0.4, 0.5) is 0 Å². The summed E-state index contributed by atoms with van der Waals surface area (Å²) in [7, 11) is 0. The van der Waals surface area contributed by atoms with Gasteiger partial charge >= 0.3 is 11.9 Å². The molecule has 2 rings (SSSR count). The zero-order valence-corrected chi connectivity index (χ0v) is 15.2. The van der Waals surface area contributed by atoms with Gasteiger partial charge in [0.25, 0.3) is 0 Å². The number of carbonyl (C=O) groups is 2. The molecular formula is C20H26O6. The van der Waals surface area contributed by atoms with Crippen molar-refractivity contribution in [2.75, 3.05) is 13.2 Å². The Balaban J connectivity index is 2.39. The first-order valence-electron chi connectivity index (χ1n) is 8.74. The molecule has 1 aliphatic heterocycles. The Morgan fingerprint density at radius 1 is 1.46 bits per heavy atom. The second-order valence-corrected chi connectivity index (χ2v) is 6.61. The Morgan fingerprint density at radius 2 is 2.19 bits per heavy atom. The number of allylic oxidation sites excluding steroid dienone is 2. The van der Waals surface area contributed by atoms with E-state index in [4.69, 9.17) is 9.47 Å². The van der Waals surface area contributed by atoms with E-state index in [0.29, 0.717) is 12.8 Å². The third kappa shape index (κ3) is 4.51. The Morgan fingerprint density at radius 3 is 2.81 bits per heavy atom. The van der Waals surface area contributed by atoms with Gasteiger partial charge in [-0.15, -0.1) is 0 Å². The summed E-state index contributed by atoms with van der Waals surface area (Å²) in [5, 5.41) is 18.9. The maximum atomic E-state index is 12.3. The minimum atomic E-state index is -0.654. The fourth-order valence-corrected chi connectivity index (χ4v) is 3.26. The summed E-state index contributed by atoms with van der Waals surface area (Å²) >= 11 is 0. The lowest BCUT2D eigenvalue weighted by molar-refractivity contribution is -0.147. The minimum absolute atomic E-state index is 0.127. The Bertz CT molecular complexity index is 670. The molecule has 0 aromatic carbocycles. The van der Waals surface area contributed by atoms with Gasteiger partial charge in [-0.2, -0.15) is 0 Å². The first-order chi connectivity index (χ1) is 12.4.